The number of nitrogens with one attached hydrogen (secondary N) is 2. The van der Waals surface area contributed by atoms with Crippen molar-refractivity contribution < 1.29 is 23.8 Å². The van der Waals surface area contributed by atoms with Crippen molar-refractivity contribution in [1.29, 1.82) is 0 Å². The minimum absolute atomic E-state index is 0.185. The van der Waals surface area contributed by atoms with Gasteiger partial charge in [-0.2, -0.15) is 0 Å². The third-order valence-corrected chi connectivity index (χ3v) is 6.18. The monoisotopic (exact) mass is 544 g/mol. The SMILES string of the molecule is COC(=O)c1cc(NC(=O)Nc2ccc(Oc3ccccc3)cc2)ccc1OC(c1ccccc1)c1ccccc1. The van der Waals surface area contributed by atoms with Crippen LogP contribution in [-0.4, -0.2) is 19.1 Å². The fourth-order valence-corrected chi connectivity index (χ4v) is 4.22. The number of para-hydroxylation sites is 1. The summed E-state index contributed by atoms with van der Waals surface area (Å²) in [7, 11) is 1.30. The van der Waals surface area contributed by atoms with E-state index in [1.165, 1.54) is 13.2 Å². The fourth-order valence-electron chi connectivity index (χ4n) is 4.22. The number of amides is 2. The van der Waals surface area contributed by atoms with Crippen molar-refractivity contribution in [2.75, 3.05) is 17.7 Å². The van der Waals surface area contributed by atoms with Crippen LogP contribution < -0.4 is 20.1 Å². The Morgan fingerprint density at radius 3 is 1.71 bits per heavy atom. The van der Waals surface area contributed by atoms with Crippen molar-refractivity contribution in [3.8, 4) is 17.2 Å². The molecule has 41 heavy (non-hydrogen) atoms. The third kappa shape index (κ3) is 7.10. The molecule has 2 amide bonds. The molecule has 0 aliphatic rings. The molecule has 0 aliphatic carbocycles. The van der Waals surface area contributed by atoms with Crippen molar-refractivity contribution in [3.05, 3.63) is 150 Å². The summed E-state index contributed by atoms with van der Waals surface area (Å²) in [6, 6.07) is 40.3. The van der Waals surface area contributed by atoms with E-state index in [-0.39, 0.29) is 5.56 Å². The zero-order chi connectivity index (χ0) is 28.4. The quantitative estimate of drug-likeness (QED) is 0.183. The molecule has 0 fully saturated rings. The number of ether oxygens (including phenoxy) is 3. The Kier molecular flexibility index (Phi) is 8.56. The maximum absolute atomic E-state index is 12.7. The van der Waals surface area contributed by atoms with Gasteiger partial charge in [0.2, 0.25) is 0 Å². The van der Waals surface area contributed by atoms with Gasteiger partial charge in [-0.1, -0.05) is 78.9 Å². The summed E-state index contributed by atoms with van der Waals surface area (Å²) in [4.78, 5) is 25.5. The summed E-state index contributed by atoms with van der Waals surface area (Å²) < 4.78 is 17.2. The molecule has 0 bridgehead atoms. The van der Waals surface area contributed by atoms with Gasteiger partial charge in [0, 0.05) is 11.4 Å². The van der Waals surface area contributed by atoms with Gasteiger partial charge in [0.05, 0.1) is 7.11 Å². The number of carbonyl (C=O) groups is 2. The van der Waals surface area contributed by atoms with E-state index in [4.69, 9.17) is 14.2 Å². The molecule has 204 valence electrons. The number of methoxy groups -OCH3 is 1. The van der Waals surface area contributed by atoms with Crippen LogP contribution in [0.5, 0.6) is 17.2 Å². The van der Waals surface area contributed by atoms with E-state index in [0.717, 1.165) is 16.9 Å². The number of rotatable bonds is 9. The first-order chi connectivity index (χ1) is 20.1. The van der Waals surface area contributed by atoms with Gasteiger partial charge in [0.25, 0.3) is 0 Å². The average molecular weight is 545 g/mol. The summed E-state index contributed by atoms with van der Waals surface area (Å²) in [6.07, 6.45) is -0.461. The Labute approximate surface area is 238 Å². The topological polar surface area (TPSA) is 85.9 Å². The predicted octanol–water partition coefficient (Wildman–Crippen LogP) is 8.08. The van der Waals surface area contributed by atoms with E-state index >= 15 is 0 Å². The molecule has 0 radical (unpaired) electrons. The highest BCUT2D eigenvalue weighted by atomic mass is 16.5. The van der Waals surface area contributed by atoms with Crippen molar-refractivity contribution in [1.82, 2.24) is 0 Å². The van der Waals surface area contributed by atoms with E-state index in [9.17, 15) is 9.59 Å². The molecular formula is C34H28N2O5. The molecule has 0 atom stereocenters. The Hall–Kier alpha value is -5.56. The van der Waals surface area contributed by atoms with Gasteiger partial charge in [-0.15, -0.1) is 0 Å². The minimum atomic E-state index is -0.585. The largest absolute Gasteiger partial charge is 0.480 e. The average Bonchev–Trinajstić information content (AvgIpc) is 3.02. The molecule has 0 saturated heterocycles. The van der Waals surface area contributed by atoms with Crippen molar-refractivity contribution in [3.63, 3.8) is 0 Å². The van der Waals surface area contributed by atoms with Crippen LogP contribution in [-0.2, 0) is 4.74 Å². The van der Waals surface area contributed by atoms with E-state index in [1.807, 2.05) is 91.0 Å². The normalized spacial score (nSPS) is 10.5. The van der Waals surface area contributed by atoms with Gasteiger partial charge >= 0.3 is 12.0 Å². The molecule has 7 heteroatoms. The van der Waals surface area contributed by atoms with E-state index in [1.54, 1.807) is 36.4 Å². The van der Waals surface area contributed by atoms with E-state index in [2.05, 4.69) is 10.6 Å². The number of esters is 1. The van der Waals surface area contributed by atoms with Crippen LogP contribution in [0.1, 0.15) is 27.6 Å². The molecule has 5 aromatic carbocycles. The van der Waals surface area contributed by atoms with Crippen LogP contribution in [0.4, 0.5) is 16.2 Å². The predicted molar refractivity (Wildman–Crippen MR) is 159 cm³/mol. The van der Waals surface area contributed by atoms with Crippen LogP contribution in [0.15, 0.2) is 133 Å². The Morgan fingerprint density at radius 2 is 1.12 bits per heavy atom. The summed E-state index contributed by atoms with van der Waals surface area (Å²) in [6.45, 7) is 0. The van der Waals surface area contributed by atoms with Crippen LogP contribution in [0.25, 0.3) is 0 Å². The van der Waals surface area contributed by atoms with Gasteiger partial charge in [-0.05, 0) is 65.7 Å². The van der Waals surface area contributed by atoms with Crippen molar-refractivity contribution >= 4 is 23.4 Å². The summed E-state index contributed by atoms with van der Waals surface area (Å²) in [5.74, 6) is 1.11. The lowest BCUT2D eigenvalue weighted by molar-refractivity contribution is 0.0594. The molecule has 2 N–H and O–H groups in total. The molecule has 7 nitrogen and oxygen atoms in total. The zero-order valence-electron chi connectivity index (χ0n) is 22.3. The molecule has 0 aromatic heterocycles. The standard InChI is InChI=1S/C34H28N2O5/c1-39-33(37)30-23-27(36-34(38)35-26-17-20-29(21-18-26)40-28-15-9-4-10-16-28)19-22-31(30)41-32(24-11-5-2-6-12-24)25-13-7-3-8-14-25/h2-23,32H,1H3,(H2,35,36,38). The molecule has 0 spiro atoms. The summed E-state index contributed by atoms with van der Waals surface area (Å²) >= 11 is 0. The van der Waals surface area contributed by atoms with Gasteiger partial charge in [0.15, 0.2) is 0 Å². The van der Waals surface area contributed by atoms with Gasteiger partial charge in [0.1, 0.15) is 28.9 Å². The lowest BCUT2D eigenvalue weighted by Crippen LogP contribution is -2.20. The van der Waals surface area contributed by atoms with Crippen LogP contribution in [0.3, 0.4) is 0 Å². The second-order valence-electron chi connectivity index (χ2n) is 9.04. The maximum Gasteiger partial charge on any atom is 0.341 e. The van der Waals surface area contributed by atoms with Crippen LogP contribution >= 0.6 is 0 Å². The molecular weight excluding hydrogens is 516 g/mol. The number of anilines is 2. The highest BCUT2D eigenvalue weighted by molar-refractivity contribution is 6.01. The molecule has 0 heterocycles. The maximum atomic E-state index is 12.7. The minimum Gasteiger partial charge on any atom is -0.480 e. The fraction of sp³-hybridized carbons (Fsp3) is 0.0588. The second-order valence-corrected chi connectivity index (χ2v) is 9.04. The molecule has 5 rings (SSSR count). The third-order valence-electron chi connectivity index (χ3n) is 6.18. The van der Waals surface area contributed by atoms with Crippen LogP contribution in [0.2, 0.25) is 0 Å². The molecule has 0 unspecified atom stereocenters. The molecule has 0 aliphatic heterocycles. The Balaban J connectivity index is 1.30. The summed E-state index contributed by atoms with van der Waals surface area (Å²) in [5, 5.41) is 5.54. The highest BCUT2D eigenvalue weighted by Crippen LogP contribution is 2.32. The van der Waals surface area contributed by atoms with Crippen molar-refractivity contribution in [2.45, 2.75) is 6.10 Å². The molecule has 0 saturated carbocycles. The molecule has 5 aromatic rings. The number of carbonyl (C=O) groups excluding carboxylic acids is 2. The Morgan fingerprint density at radius 1 is 0.610 bits per heavy atom. The lowest BCUT2D eigenvalue weighted by Gasteiger charge is -2.22. The Bertz CT molecular complexity index is 1550. The second kappa shape index (κ2) is 13.0. The summed E-state index contributed by atoms with van der Waals surface area (Å²) in [5.41, 5.74) is 3.01. The van der Waals surface area contributed by atoms with Gasteiger partial charge < -0.3 is 24.8 Å². The van der Waals surface area contributed by atoms with Gasteiger partial charge in [-0.3, -0.25) is 0 Å². The lowest BCUT2D eigenvalue weighted by atomic mass is 10.0. The van der Waals surface area contributed by atoms with E-state index < -0.39 is 18.1 Å². The number of hydrogen-bond acceptors (Lipinski definition) is 5. The smallest absolute Gasteiger partial charge is 0.341 e. The number of benzene rings is 5. The van der Waals surface area contributed by atoms with Crippen LogP contribution in [0, 0.1) is 0 Å². The first kappa shape index (κ1) is 27.0. The zero-order valence-corrected chi connectivity index (χ0v) is 22.3. The van der Waals surface area contributed by atoms with Crippen molar-refractivity contribution in [2.24, 2.45) is 0 Å². The number of urea groups is 1. The highest BCUT2D eigenvalue weighted by Gasteiger charge is 2.21. The van der Waals surface area contributed by atoms with E-state index in [0.29, 0.717) is 22.9 Å². The number of hydrogen-bond donors (Lipinski definition) is 2. The first-order valence-corrected chi connectivity index (χ1v) is 13.0. The van der Waals surface area contributed by atoms with Gasteiger partial charge in [-0.25, -0.2) is 9.59 Å². The first-order valence-electron chi connectivity index (χ1n) is 13.0.